The topological polar surface area (TPSA) is 75.7 Å². The van der Waals surface area contributed by atoms with Gasteiger partial charge in [0, 0.05) is 25.3 Å². The second kappa shape index (κ2) is 7.79. The molecule has 1 N–H and O–H groups in total. The summed E-state index contributed by atoms with van der Waals surface area (Å²) in [7, 11) is -3.18. The maximum atomic E-state index is 12.0. The molecule has 1 aliphatic heterocycles. The van der Waals surface area contributed by atoms with Gasteiger partial charge in [-0.15, -0.1) is 0 Å². The molecule has 7 heteroatoms. The zero-order chi connectivity index (χ0) is 16.9. The lowest BCUT2D eigenvalue weighted by molar-refractivity contribution is 0.0757. The van der Waals surface area contributed by atoms with Gasteiger partial charge in [0.1, 0.15) is 0 Å². The molecule has 1 amide bonds. The lowest BCUT2D eigenvalue weighted by atomic mass is 10.2. The number of rotatable bonds is 7. The zero-order valence-corrected chi connectivity index (χ0v) is 14.4. The summed E-state index contributed by atoms with van der Waals surface area (Å²) in [4.78, 5) is 12.0. The van der Waals surface area contributed by atoms with E-state index in [4.69, 9.17) is 4.74 Å². The number of carbonyl (C=O) groups is 1. The molecular weight excluding hydrogens is 316 g/mol. The highest BCUT2D eigenvalue weighted by molar-refractivity contribution is 7.93. The predicted octanol–water partition coefficient (Wildman–Crippen LogP) is 1.77. The third kappa shape index (κ3) is 4.94. The Hall–Kier alpha value is -1.60. The van der Waals surface area contributed by atoms with Gasteiger partial charge in [0.15, 0.2) is 0 Å². The number of anilines is 1. The first kappa shape index (κ1) is 17.7. The maximum absolute atomic E-state index is 12.0. The Labute approximate surface area is 137 Å². The van der Waals surface area contributed by atoms with Crippen molar-refractivity contribution in [1.29, 1.82) is 0 Å². The standard InChI is InChI=1S/C16H24N2O4S/c1-13(2)22-11-3-9-17-16(19)14-5-7-15(8-6-14)18-10-4-12-23(18,20)21/h5-8,13H,3-4,9-12H2,1-2H3,(H,17,19). The fourth-order valence-corrected chi connectivity index (χ4v) is 3.97. The van der Waals surface area contributed by atoms with Gasteiger partial charge < -0.3 is 10.1 Å². The summed E-state index contributed by atoms with van der Waals surface area (Å²) in [5.41, 5.74) is 1.14. The molecule has 1 saturated heterocycles. The van der Waals surface area contributed by atoms with Crippen LogP contribution in [0.1, 0.15) is 37.0 Å². The van der Waals surface area contributed by atoms with Crippen molar-refractivity contribution in [3.8, 4) is 0 Å². The monoisotopic (exact) mass is 340 g/mol. The third-order valence-corrected chi connectivity index (χ3v) is 5.44. The minimum absolute atomic E-state index is 0.162. The van der Waals surface area contributed by atoms with E-state index in [9.17, 15) is 13.2 Å². The van der Waals surface area contributed by atoms with Gasteiger partial charge in [-0.2, -0.15) is 0 Å². The van der Waals surface area contributed by atoms with E-state index < -0.39 is 10.0 Å². The normalized spacial score (nSPS) is 16.7. The summed E-state index contributed by atoms with van der Waals surface area (Å²) in [6.45, 7) is 5.61. The van der Waals surface area contributed by atoms with Crippen molar-refractivity contribution in [2.75, 3.05) is 29.8 Å². The van der Waals surface area contributed by atoms with Gasteiger partial charge in [-0.25, -0.2) is 8.42 Å². The Bertz CT molecular complexity index is 626. The lowest BCUT2D eigenvalue weighted by Gasteiger charge is -2.17. The molecule has 6 nitrogen and oxygen atoms in total. The third-order valence-electron chi connectivity index (χ3n) is 3.57. The second-order valence-corrected chi connectivity index (χ2v) is 7.83. The summed E-state index contributed by atoms with van der Waals surface area (Å²) in [5.74, 6) is 0.0265. The van der Waals surface area contributed by atoms with Crippen molar-refractivity contribution in [2.24, 2.45) is 0 Å². The lowest BCUT2D eigenvalue weighted by Crippen LogP contribution is -2.26. The average molecular weight is 340 g/mol. The van der Waals surface area contributed by atoms with Gasteiger partial charge in [-0.1, -0.05) is 0 Å². The van der Waals surface area contributed by atoms with E-state index in [1.54, 1.807) is 24.3 Å². The minimum atomic E-state index is -3.18. The first-order valence-corrected chi connectivity index (χ1v) is 9.51. The Morgan fingerprint density at radius 1 is 1.30 bits per heavy atom. The van der Waals surface area contributed by atoms with Crippen LogP contribution < -0.4 is 9.62 Å². The van der Waals surface area contributed by atoms with Gasteiger partial charge in [-0.05, 0) is 51.0 Å². The number of sulfonamides is 1. The molecule has 0 spiro atoms. The van der Waals surface area contributed by atoms with Crippen LogP contribution in [0.5, 0.6) is 0 Å². The molecule has 0 unspecified atom stereocenters. The Kier molecular flexibility index (Phi) is 6.01. The molecule has 0 aromatic heterocycles. The van der Waals surface area contributed by atoms with E-state index >= 15 is 0 Å². The molecular formula is C16H24N2O4S. The number of nitrogens with one attached hydrogen (secondary N) is 1. The number of carbonyl (C=O) groups excluding carboxylic acids is 1. The van der Waals surface area contributed by atoms with Crippen molar-refractivity contribution >= 4 is 21.6 Å². The van der Waals surface area contributed by atoms with E-state index in [2.05, 4.69) is 5.32 Å². The van der Waals surface area contributed by atoms with Crippen LogP contribution in [0.25, 0.3) is 0 Å². The number of amides is 1. The maximum Gasteiger partial charge on any atom is 0.251 e. The smallest absolute Gasteiger partial charge is 0.251 e. The molecule has 1 aromatic rings. The van der Waals surface area contributed by atoms with Crippen LogP contribution >= 0.6 is 0 Å². The zero-order valence-electron chi connectivity index (χ0n) is 13.6. The molecule has 0 aliphatic carbocycles. The molecule has 1 aliphatic rings. The van der Waals surface area contributed by atoms with Crippen LogP contribution in [-0.2, 0) is 14.8 Å². The van der Waals surface area contributed by atoms with Crippen molar-refractivity contribution in [2.45, 2.75) is 32.8 Å². The molecule has 2 rings (SSSR count). The van der Waals surface area contributed by atoms with Gasteiger partial charge in [-0.3, -0.25) is 9.10 Å². The van der Waals surface area contributed by atoms with E-state index in [-0.39, 0.29) is 17.8 Å². The highest BCUT2D eigenvalue weighted by atomic mass is 32.2. The highest BCUT2D eigenvalue weighted by Crippen LogP contribution is 2.24. The summed E-state index contributed by atoms with van der Waals surface area (Å²) in [5, 5.41) is 2.83. The van der Waals surface area contributed by atoms with Gasteiger partial charge in [0.25, 0.3) is 5.91 Å². The van der Waals surface area contributed by atoms with Crippen LogP contribution in [0.2, 0.25) is 0 Å². The molecule has 0 saturated carbocycles. The van der Waals surface area contributed by atoms with E-state index in [1.807, 2.05) is 13.8 Å². The molecule has 0 bridgehead atoms. The quantitative estimate of drug-likeness (QED) is 0.768. The van der Waals surface area contributed by atoms with Crippen LogP contribution in [0.4, 0.5) is 5.69 Å². The fraction of sp³-hybridized carbons (Fsp3) is 0.562. The molecule has 0 radical (unpaired) electrons. The van der Waals surface area contributed by atoms with Crippen LogP contribution in [0.15, 0.2) is 24.3 Å². The number of benzene rings is 1. The average Bonchev–Trinajstić information content (AvgIpc) is 2.86. The molecule has 1 heterocycles. The van der Waals surface area contributed by atoms with Crippen LogP contribution in [0, 0.1) is 0 Å². The largest absolute Gasteiger partial charge is 0.379 e. The van der Waals surface area contributed by atoms with E-state index in [0.717, 1.165) is 6.42 Å². The second-order valence-electron chi connectivity index (χ2n) is 5.82. The summed E-state index contributed by atoms with van der Waals surface area (Å²) in [6.07, 6.45) is 1.59. The fourth-order valence-electron chi connectivity index (χ4n) is 2.40. The first-order valence-electron chi connectivity index (χ1n) is 7.90. The predicted molar refractivity (Wildman–Crippen MR) is 90.2 cm³/mol. The molecule has 0 atom stereocenters. The number of ether oxygens (including phenoxy) is 1. The van der Waals surface area contributed by atoms with Crippen molar-refractivity contribution in [3.05, 3.63) is 29.8 Å². The minimum Gasteiger partial charge on any atom is -0.379 e. The van der Waals surface area contributed by atoms with Gasteiger partial charge >= 0.3 is 0 Å². The highest BCUT2D eigenvalue weighted by Gasteiger charge is 2.28. The summed E-state index contributed by atoms with van der Waals surface area (Å²) in [6, 6.07) is 6.67. The molecule has 1 aromatic carbocycles. The molecule has 128 valence electrons. The molecule has 1 fully saturated rings. The number of hydrogen-bond donors (Lipinski definition) is 1. The number of nitrogens with zero attached hydrogens (tertiary/aromatic N) is 1. The Balaban J connectivity index is 1.86. The molecule has 23 heavy (non-hydrogen) atoms. The Morgan fingerprint density at radius 2 is 2.00 bits per heavy atom. The van der Waals surface area contributed by atoms with Gasteiger partial charge in [0.2, 0.25) is 10.0 Å². The van der Waals surface area contributed by atoms with Crippen LogP contribution in [0.3, 0.4) is 0 Å². The number of hydrogen-bond acceptors (Lipinski definition) is 4. The van der Waals surface area contributed by atoms with Crippen molar-refractivity contribution in [1.82, 2.24) is 5.32 Å². The van der Waals surface area contributed by atoms with Gasteiger partial charge in [0.05, 0.1) is 17.5 Å². The first-order chi connectivity index (χ1) is 10.9. The van der Waals surface area contributed by atoms with Crippen LogP contribution in [-0.4, -0.2) is 45.9 Å². The van der Waals surface area contributed by atoms with Crippen molar-refractivity contribution < 1.29 is 17.9 Å². The van der Waals surface area contributed by atoms with E-state index in [0.29, 0.717) is 37.4 Å². The summed E-state index contributed by atoms with van der Waals surface area (Å²) >= 11 is 0. The summed E-state index contributed by atoms with van der Waals surface area (Å²) < 4.78 is 30.5. The Morgan fingerprint density at radius 3 is 2.57 bits per heavy atom. The van der Waals surface area contributed by atoms with E-state index in [1.165, 1.54) is 4.31 Å². The van der Waals surface area contributed by atoms with Crippen molar-refractivity contribution in [3.63, 3.8) is 0 Å². The SMILES string of the molecule is CC(C)OCCCNC(=O)c1ccc(N2CCCS2(=O)=O)cc1.